The third-order valence-corrected chi connectivity index (χ3v) is 4.59. The number of aliphatic imine (C=N–C) groups is 1. The molecule has 0 aliphatic heterocycles. The molecule has 0 bridgehead atoms. The van der Waals surface area contributed by atoms with E-state index in [0.29, 0.717) is 12.2 Å². The highest BCUT2D eigenvalue weighted by Gasteiger charge is 2.08. The zero-order chi connectivity index (χ0) is 20.5. The van der Waals surface area contributed by atoms with Crippen LogP contribution in [-0.4, -0.2) is 18.9 Å². The number of hydrogen-bond donors (Lipinski definition) is 3. The molecule has 6 nitrogen and oxygen atoms in total. The van der Waals surface area contributed by atoms with Crippen LogP contribution in [0.4, 0.5) is 5.69 Å². The molecule has 0 aliphatic rings. The van der Waals surface area contributed by atoms with Crippen molar-refractivity contribution in [3.05, 3.63) is 89.4 Å². The smallest absolute Gasteiger partial charge is 0.291 e. The molecule has 1 aromatic heterocycles. The second kappa shape index (κ2) is 12.0. The summed E-state index contributed by atoms with van der Waals surface area (Å²) in [4.78, 5) is 16.3. The quantitative estimate of drug-likeness (QED) is 0.243. The maximum absolute atomic E-state index is 12.0. The fourth-order valence-corrected chi connectivity index (χ4v) is 2.97. The van der Waals surface area contributed by atoms with Crippen molar-refractivity contribution in [2.24, 2.45) is 4.99 Å². The van der Waals surface area contributed by atoms with Crippen LogP contribution < -0.4 is 16.0 Å². The zero-order valence-corrected chi connectivity index (χ0v) is 19.5. The van der Waals surface area contributed by atoms with Crippen LogP contribution in [-0.2, 0) is 19.5 Å². The fraction of sp³-hybridized carbons (Fsp3) is 0.217. The number of aryl methyl sites for hydroxylation is 1. The van der Waals surface area contributed by atoms with E-state index < -0.39 is 0 Å². The summed E-state index contributed by atoms with van der Waals surface area (Å²) in [6.07, 6.45) is 2.48. The number of furan rings is 1. The van der Waals surface area contributed by atoms with Gasteiger partial charge in [-0.3, -0.25) is 9.79 Å². The SMILES string of the molecule is CCc1ccccc1CNC(=NC)NCc1ccc(NC(=O)c2ccco2)cc1.I. The molecule has 0 aliphatic carbocycles. The molecular weight excluding hydrogens is 491 g/mol. The molecule has 3 N–H and O–H groups in total. The zero-order valence-electron chi connectivity index (χ0n) is 17.1. The second-order valence-corrected chi connectivity index (χ2v) is 6.53. The van der Waals surface area contributed by atoms with E-state index in [9.17, 15) is 4.79 Å². The molecule has 0 fully saturated rings. The number of benzene rings is 2. The van der Waals surface area contributed by atoms with Gasteiger partial charge in [-0.25, -0.2) is 0 Å². The lowest BCUT2D eigenvalue weighted by molar-refractivity contribution is 0.0996. The van der Waals surface area contributed by atoms with E-state index in [2.05, 4.69) is 52.1 Å². The molecule has 1 amide bonds. The lowest BCUT2D eigenvalue weighted by Gasteiger charge is -2.14. The topological polar surface area (TPSA) is 78.7 Å². The molecule has 158 valence electrons. The van der Waals surface area contributed by atoms with Gasteiger partial charge in [-0.15, -0.1) is 24.0 Å². The van der Waals surface area contributed by atoms with Crippen molar-refractivity contribution in [2.75, 3.05) is 12.4 Å². The van der Waals surface area contributed by atoms with E-state index >= 15 is 0 Å². The van der Waals surface area contributed by atoms with Gasteiger partial charge in [-0.05, 0) is 47.4 Å². The summed E-state index contributed by atoms with van der Waals surface area (Å²) in [6.45, 7) is 3.51. The Labute approximate surface area is 194 Å². The number of amides is 1. The molecule has 0 saturated carbocycles. The van der Waals surface area contributed by atoms with Gasteiger partial charge >= 0.3 is 0 Å². The van der Waals surface area contributed by atoms with Crippen molar-refractivity contribution < 1.29 is 9.21 Å². The predicted octanol–water partition coefficient (Wildman–Crippen LogP) is 4.58. The van der Waals surface area contributed by atoms with Crippen LogP contribution in [0.2, 0.25) is 0 Å². The first-order chi connectivity index (χ1) is 14.2. The molecule has 3 aromatic rings. The van der Waals surface area contributed by atoms with Gasteiger partial charge in [0, 0.05) is 25.8 Å². The average Bonchev–Trinajstić information content (AvgIpc) is 3.30. The van der Waals surface area contributed by atoms with Gasteiger partial charge in [-0.1, -0.05) is 43.3 Å². The molecule has 30 heavy (non-hydrogen) atoms. The molecule has 0 unspecified atom stereocenters. The number of hydrogen-bond acceptors (Lipinski definition) is 3. The summed E-state index contributed by atoms with van der Waals surface area (Å²) in [7, 11) is 1.76. The Kier molecular flexibility index (Phi) is 9.40. The molecule has 2 aromatic carbocycles. The van der Waals surface area contributed by atoms with Crippen LogP contribution in [0.1, 0.15) is 34.2 Å². The van der Waals surface area contributed by atoms with Crippen molar-refractivity contribution in [1.29, 1.82) is 0 Å². The minimum Gasteiger partial charge on any atom is -0.459 e. The summed E-state index contributed by atoms with van der Waals surface area (Å²) in [6, 6.07) is 19.4. The second-order valence-electron chi connectivity index (χ2n) is 6.53. The van der Waals surface area contributed by atoms with Gasteiger partial charge in [0.15, 0.2) is 11.7 Å². The number of carbonyl (C=O) groups is 1. The summed E-state index contributed by atoms with van der Waals surface area (Å²) in [5.41, 5.74) is 4.41. The lowest BCUT2D eigenvalue weighted by Crippen LogP contribution is -2.36. The van der Waals surface area contributed by atoms with Crippen molar-refractivity contribution in [3.63, 3.8) is 0 Å². The minimum atomic E-state index is -0.266. The number of nitrogens with one attached hydrogen (secondary N) is 3. The highest BCUT2D eigenvalue weighted by atomic mass is 127. The van der Waals surface area contributed by atoms with Gasteiger partial charge in [0.2, 0.25) is 0 Å². The Balaban J connectivity index is 0.00000320. The van der Waals surface area contributed by atoms with E-state index in [1.165, 1.54) is 17.4 Å². The van der Waals surface area contributed by atoms with E-state index in [1.807, 2.05) is 24.3 Å². The molecule has 7 heteroatoms. The number of rotatable bonds is 7. The molecular formula is C23H27IN4O2. The predicted molar refractivity (Wildman–Crippen MR) is 131 cm³/mol. The van der Waals surface area contributed by atoms with Crippen molar-refractivity contribution >= 4 is 41.5 Å². The van der Waals surface area contributed by atoms with Crippen LogP contribution in [0.5, 0.6) is 0 Å². The molecule has 3 rings (SSSR count). The Hall–Kier alpha value is -2.81. The van der Waals surface area contributed by atoms with Gasteiger partial charge in [0.25, 0.3) is 5.91 Å². The first kappa shape index (κ1) is 23.5. The van der Waals surface area contributed by atoms with Crippen LogP contribution in [0, 0.1) is 0 Å². The minimum absolute atomic E-state index is 0. The summed E-state index contributed by atoms with van der Waals surface area (Å²) in [5, 5.41) is 9.48. The van der Waals surface area contributed by atoms with Gasteiger partial charge in [-0.2, -0.15) is 0 Å². The van der Waals surface area contributed by atoms with Crippen molar-refractivity contribution in [1.82, 2.24) is 10.6 Å². The van der Waals surface area contributed by atoms with E-state index in [4.69, 9.17) is 4.42 Å². The number of guanidine groups is 1. The molecule has 1 heterocycles. The first-order valence-electron chi connectivity index (χ1n) is 9.64. The number of halogens is 1. The third kappa shape index (κ3) is 6.62. The van der Waals surface area contributed by atoms with Crippen LogP contribution >= 0.6 is 24.0 Å². The van der Waals surface area contributed by atoms with E-state index in [-0.39, 0.29) is 35.6 Å². The van der Waals surface area contributed by atoms with Crippen LogP contribution in [0.25, 0.3) is 0 Å². The van der Waals surface area contributed by atoms with Gasteiger partial charge < -0.3 is 20.4 Å². The molecule has 0 saturated heterocycles. The Bertz CT molecular complexity index is 954. The molecule has 0 atom stereocenters. The van der Waals surface area contributed by atoms with Crippen molar-refractivity contribution in [3.8, 4) is 0 Å². The molecule has 0 radical (unpaired) electrons. The highest BCUT2D eigenvalue weighted by Crippen LogP contribution is 2.12. The average molecular weight is 518 g/mol. The van der Waals surface area contributed by atoms with Crippen molar-refractivity contribution in [2.45, 2.75) is 26.4 Å². The molecule has 0 spiro atoms. The largest absolute Gasteiger partial charge is 0.459 e. The third-order valence-electron chi connectivity index (χ3n) is 4.59. The maximum Gasteiger partial charge on any atom is 0.291 e. The highest BCUT2D eigenvalue weighted by molar-refractivity contribution is 14.0. The monoisotopic (exact) mass is 518 g/mol. The number of anilines is 1. The van der Waals surface area contributed by atoms with E-state index in [1.54, 1.807) is 19.2 Å². The summed E-state index contributed by atoms with van der Waals surface area (Å²) < 4.78 is 5.10. The van der Waals surface area contributed by atoms with E-state index in [0.717, 1.165) is 24.5 Å². The number of nitrogens with zero attached hydrogens (tertiary/aromatic N) is 1. The summed E-state index contributed by atoms with van der Waals surface area (Å²) in [5.74, 6) is 0.763. The lowest BCUT2D eigenvalue weighted by atomic mass is 10.1. The summed E-state index contributed by atoms with van der Waals surface area (Å²) >= 11 is 0. The Morgan fingerprint density at radius 2 is 1.63 bits per heavy atom. The Morgan fingerprint density at radius 3 is 2.27 bits per heavy atom. The van der Waals surface area contributed by atoms with Crippen LogP contribution in [0.3, 0.4) is 0 Å². The first-order valence-corrected chi connectivity index (χ1v) is 9.64. The van der Waals surface area contributed by atoms with Crippen LogP contribution in [0.15, 0.2) is 76.3 Å². The standard InChI is InChI=1S/C23H26N4O2.HI/c1-3-18-7-4-5-8-19(18)16-26-23(24-2)25-15-17-10-12-20(13-11-17)27-22(28)21-9-6-14-29-21;/h4-14H,3,15-16H2,1-2H3,(H,27,28)(H2,24,25,26);1H. The van der Waals surface area contributed by atoms with Gasteiger partial charge in [0.05, 0.1) is 6.26 Å². The van der Waals surface area contributed by atoms with Gasteiger partial charge in [0.1, 0.15) is 0 Å². The fourth-order valence-electron chi connectivity index (χ4n) is 2.97. The number of carbonyl (C=O) groups excluding carboxylic acids is 1. The maximum atomic E-state index is 12.0. The Morgan fingerprint density at radius 1 is 0.933 bits per heavy atom. The normalized spacial score (nSPS) is 10.8.